The fourth-order valence-corrected chi connectivity index (χ4v) is 3.08. The van der Waals surface area contributed by atoms with Gasteiger partial charge in [0.25, 0.3) is 11.8 Å². The standard InChI is InChI=1S/C17H13F3IN3O3/c18-10-3-2-9(15(25)24-6-17(27,7-24)16(22)26)14(13(10)20)23-12-4-1-8(21)5-11(12)19/h1-5,23,27H,6-7H2,(H2,22,26). The van der Waals surface area contributed by atoms with Crippen molar-refractivity contribution >= 4 is 45.8 Å². The van der Waals surface area contributed by atoms with Gasteiger partial charge in [0.2, 0.25) is 0 Å². The minimum atomic E-state index is -1.86. The lowest BCUT2D eigenvalue weighted by molar-refractivity contribution is -0.151. The van der Waals surface area contributed by atoms with Gasteiger partial charge in [-0.25, -0.2) is 13.2 Å². The second-order valence-electron chi connectivity index (χ2n) is 6.09. The summed E-state index contributed by atoms with van der Waals surface area (Å²) >= 11 is 1.89. The van der Waals surface area contributed by atoms with Crippen molar-refractivity contribution in [1.29, 1.82) is 0 Å². The number of carbonyl (C=O) groups is 2. The number of primary amides is 1. The first kappa shape index (κ1) is 19.4. The van der Waals surface area contributed by atoms with Gasteiger partial charge in [0.05, 0.1) is 30.0 Å². The third kappa shape index (κ3) is 3.58. The zero-order valence-corrected chi connectivity index (χ0v) is 15.8. The molecule has 4 N–H and O–H groups in total. The van der Waals surface area contributed by atoms with Crippen molar-refractivity contribution in [2.24, 2.45) is 5.73 Å². The zero-order valence-electron chi connectivity index (χ0n) is 13.6. The maximum Gasteiger partial charge on any atom is 0.256 e. The topological polar surface area (TPSA) is 95.7 Å². The molecule has 1 aliphatic rings. The van der Waals surface area contributed by atoms with E-state index in [4.69, 9.17) is 5.73 Å². The number of amides is 2. The monoisotopic (exact) mass is 491 g/mol. The number of anilines is 2. The van der Waals surface area contributed by atoms with Crippen LogP contribution in [0.5, 0.6) is 0 Å². The average Bonchev–Trinajstić information content (AvgIpc) is 2.57. The first-order valence-electron chi connectivity index (χ1n) is 7.64. The summed E-state index contributed by atoms with van der Waals surface area (Å²) in [6.45, 7) is -0.755. The van der Waals surface area contributed by atoms with Crippen molar-refractivity contribution in [1.82, 2.24) is 4.90 Å². The Morgan fingerprint density at radius 1 is 1.15 bits per heavy atom. The van der Waals surface area contributed by atoms with Gasteiger partial charge in [-0.05, 0) is 52.9 Å². The highest BCUT2D eigenvalue weighted by Gasteiger charge is 2.49. The summed E-state index contributed by atoms with van der Waals surface area (Å²) in [5.74, 6) is -5.05. The Bertz CT molecular complexity index is 949. The van der Waals surface area contributed by atoms with Gasteiger partial charge in [-0.15, -0.1) is 0 Å². The van der Waals surface area contributed by atoms with Crippen molar-refractivity contribution in [2.45, 2.75) is 5.60 Å². The molecule has 10 heteroatoms. The zero-order chi connectivity index (χ0) is 19.9. The van der Waals surface area contributed by atoms with Gasteiger partial charge in [0, 0.05) is 3.57 Å². The third-order valence-corrected chi connectivity index (χ3v) is 4.84. The summed E-state index contributed by atoms with van der Waals surface area (Å²) < 4.78 is 42.7. The molecule has 0 spiro atoms. The van der Waals surface area contributed by atoms with Crippen LogP contribution < -0.4 is 11.1 Å². The molecular weight excluding hydrogens is 478 g/mol. The minimum Gasteiger partial charge on any atom is -0.377 e. The molecule has 2 amide bonds. The number of β-amino-alcohol motifs (C(OH)–C–C–N with tert-alkyl or cyclic N) is 1. The summed E-state index contributed by atoms with van der Waals surface area (Å²) in [6.07, 6.45) is 0. The fraction of sp³-hybridized carbons (Fsp3) is 0.176. The maximum absolute atomic E-state index is 14.3. The number of nitrogens with one attached hydrogen (secondary N) is 1. The smallest absolute Gasteiger partial charge is 0.256 e. The van der Waals surface area contributed by atoms with Crippen molar-refractivity contribution in [3.05, 3.63) is 56.9 Å². The highest BCUT2D eigenvalue weighted by atomic mass is 127. The van der Waals surface area contributed by atoms with Crippen molar-refractivity contribution in [2.75, 3.05) is 18.4 Å². The molecule has 3 rings (SSSR count). The fourth-order valence-electron chi connectivity index (χ4n) is 2.63. The van der Waals surface area contributed by atoms with Gasteiger partial charge in [0.15, 0.2) is 17.2 Å². The van der Waals surface area contributed by atoms with E-state index in [-0.39, 0.29) is 24.3 Å². The predicted molar refractivity (Wildman–Crippen MR) is 98.8 cm³/mol. The van der Waals surface area contributed by atoms with Crippen LogP contribution in [0.2, 0.25) is 0 Å². The van der Waals surface area contributed by atoms with E-state index in [1.807, 2.05) is 22.6 Å². The largest absolute Gasteiger partial charge is 0.377 e. The van der Waals surface area contributed by atoms with Crippen LogP contribution in [0.1, 0.15) is 10.4 Å². The van der Waals surface area contributed by atoms with Crippen molar-refractivity contribution < 1.29 is 27.9 Å². The van der Waals surface area contributed by atoms with Gasteiger partial charge in [0.1, 0.15) is 5.82 Å². The SMILES string of the molecule is NC(=O)C1(O)CN(C(=O)c2ccc(F)c(F)c2Nc2ccc(I)cc2F)C1. The molecule has 0 atom stereocenters. The Morgan fingerprint density at radius 3 is 2.41 bits per heavy atom. The number of rotatable bonds is 4. The van der Waals surface area contributed by atoms with Gasteiger partial charge in [-0.2, -0.15) is 0 Å². The normalized spacial score (nSPS) is 15.2. The van der Waals surface area contributed by atoms with Crippen molar-refractivity contribution in [3.8, 4) is 0 Å². The molecule has 0 aromatic heterocycles. The van der Waals surface area contributed by atoms with E-state index in [1.165, 1.54) is 12.1 Å². The molecule has 0 aliphatic carbocycles. The second-order valence-corrected chi connectivity index (χ2v) is 7.34. The molecule has 1 fully saturated rings. The Kier molecular flexibility index (Phi) is 5.04. The summed E-state index contributed by atoms with van der Waals surface area (Å²) in [4.78, 5) is 24.8. The summed E-state index contributed by atoms with van der Waals surface area (Å²) in [5, 5.41) is 12.3. The summed E-state index contributed by atoms with van der Waals surface area (Å²) in [7, 11) is 0. The van der Waals surface area contributed by atoms with Crippen LogP contribution in [-0.4, -0.2) is 40.5 Å². The molecule has 6 nitrogen and oxygen atoms in total. The Balaban J connectivity index is 1.94. The molecule has 0 bridgehead atoms. The second kappa shape index (κ2) is 7.00. The highest BCUT2D eigenvalue weighted by Crippen LogP contribution is 2.31. The highest BCUT2D eigenvalue weighted by molar-refractivity contribution is 14.1. The first-order valence-corrected chi connectivity index (χ1v) is 8.72. The van der Waals surface area contributed by atoms with Crippen LogP contribution in [0.15, 0.2) is 30.3 Å². The lowest BCUT2D eigenvalue weighted by Crippen LogP contribution is -2.69. The van der Waals surface area contributed by atoms with E-state index < -0.39 is 40.6 Å². The minimum absolute atomic E-state index is 0.147. The first-order chi connectivity index (χ1) is 12.6. The predicted octanol–water partition coefficient (Wildman–Crippen LogP) is 2.12. The molecule has 1 heterocycles. The number of nitrogens with zero attached hydrogens (tertiary/aromatic N) is 1. The number of likely N-dealkylation sites (tertiary alicyclic amines) is 1. The summed E-state index contributed by atoms with van der Waals surface area (Å²) in [5.41, 5.74) is 2.22. The van der Waals surface area contributed by atoms with Crippen molar-refractivity contribution in [3.63, 3.8) is 0 Å². The quantitative estimate of drug-likeness (QED) is 0.572. The molecule has 27 heavy (non-hydrogen) atoms. The van der Waals surface area contributed by atoms with E-state index in [2.05, 4.69) is 5.32 Å². The lowest BCUT2D eigenvalue weighted by atomic mass is 9.92. The van der Waals surface area contributed by atoms with Crippen LogP contribution in [0.4, 0.5) is 24.5 Å². The number of benzene rings is 2. The van der Waals surface area contributed by atoms with E-state index in [9.17, 15) is 27.9 Å². The molecular formula is C17H13F3IN3O3. The molecule has 2 aromatic carbocycles. The van der Waals surface area contributed by atoms with Crippen LogP contribution in [0.25, 0.3) is 0 Å². The van der Waals surface area contributed by atoms with E-state index in [0.29, 0.717) is 3.57 Å². The number of aliphatic hydroxyl groups is 1. The average molecular weight is 491 g/mol. The molecule has 0 saturated carbocycles. The van der Waals surface area contributed by atoms with Crippen LogP contribution in [-0.2, 0) is 4.79 Å². The van der Waals surface area contributed by atoms with Gasteiger partial charge in [-0.3, -0.25) is 9.59 Å². The third-order valence-electron chi connectivity index (χ3n) is 4.17. The van der Waals surface area contributed by atoms with Gasteiger partial charge >= 0.3 is 0 Å². The molecule has 142 valence electrons. The van der Waals surface area contributed by atoms with Crippen LogP contribution in [0.3, 0.4) is 0 Å². The summed E-state index contributed by atoms with van der Waals surface area (Å²) in [6, 6.07) is 5.86. The van der Waals surface area contributed by atoms with Crippen LogP contribution in [0, 0.1) is 21.0 Å². The number of halogens is 4. The number of hydrogen-bond donors (Lipinski definition) is 3. The molecule has 1 saturated heterocycles. The van der Waals surface area contributed by atoms with E-state index >= 15 is 0 Å². The maximum atomic E-state index is 14.3. The Morgan fingerprint density at radius 2 is 1.81 bits per heavy atom. The van der Waals surface area contributed by atoms with E-state index in [0.717, 1.165) is 17.0 Å². The molecule has 0 unspecified atom stereocenters. The Hall–Kier alpha value is -2.34. The number of hydrogen-bond acceptors (Lipinski definition) is 4. The lowest BCUT2D eigenvalue weighted by Gasteiger charge is -2.44. The molecule has 0 radical (unpaired) electrons. The Labute approximate surface area is 165 Å². The number of nitrogens with two attached hydrogens (primary N) is 1. The van der Waals surface area contributed by atoms with E-state index in [1.54, 1.807) is 6.07 Å². The number of carbonyl (C=O) groups excluding carboxylic acids is 2. The molecule has 1 aliphatic heterocycles. The molecule has 2 aromatic rings. The van der Waals surface area contributed by atoms with Gasteiger partial charge in [-0.1, -0.05) is 0 Å². The van der Waals surface area contributed by atoms with Gasteiger partial charge < -0.3 is 21.1 Å². The van der Waals surface area contributed by atoms with Crippen LogP contribution >= 0.6 is 22.6 Å².